The first kappa shape index (κ1) is 41.5. The maximum absolute atomic E-state index is 15.2. The number of rotatable bonds is 7. The van der Waals surface area contributed by atoms with Crippen molar-refractivity contribution < 1.29 is 40.7 Å². The van der Waals surface area contributed by atoms with Crippen molar-refractivity contribution in [3.05, 3.63) is 90.0 Å². The highest BCUT2D eigenvalue weighted by Crippen LogP contribution is 2.39. The molecule has 2 aromatic carbocycles. The van der Waals surface area contributed by atoms with Crippen LogP contribution in [0.25, 0.3) is 55.7 Å². The van der Waals surface area contributed by atoms with E-state index in [1.165, 1.54) is 16.7 Å². The lowest BCUT2D eigenvalue weighted by atomic mass is 9.99. The van der Waals surface area contributed by atoms with Crippen LogP contribution >= 0.6 is 0 Å². The second-order valence-corrected chi connectivity index (χ2v) is 19.0. The molecule has 4 aromatic heterocycles. The standard InChI is InChI=1S/C42H44F3N7O6S/c1-40(2,3)57-38(53)51-32-10-8-9-29(25-16-26(18-28(43)17-25)37(46)59(7,55)56)30(32)19-34(51)36-35-33(52(49-36)39(54)58-41(4,5)6)12-11-31(48-35)27-15-24(20-47-21-27)22-50-14-13-42(44,45)23-50/h8-12,15-21,37H,13-14,22-23,46H2,1-7H3. The predicted octanol–water partition coefficient (Wildman–Crippen LogP) is 8.33. The fourth-order valence-corrected chi connectivity index (χ4v) is 7.66. The summed E-state index contributed by atoms with van der Waals surface area (Å²) in [7, 11) is -3.80. The molecule has 1 fully saturated rings. The van der Waals surface area contributed by atoms with Crippen LogP contribution in [0.5, 0.6) is 0 Å². The van der Waals surface area contributed by atoms with Crippen LogP contribution in [-0.2, 0) is 25.9 Å². The molecule has 6 aromatic rings. The van der Waals surface area contributed by atoms with Gasteiger partial charge in [-0.1, -0.05) is 12.1 Å². The molecule has 1 unspecified atom stereocenters. The maximum atomic E-state index is 15.2. The van der Waals surface area contributed by atoms with E-state index in [0.29, 0.717) is 33.3 Å². The van der Waals surface area contributed by atoms with E-state index in [4.69, 9.17) is 25.3 Å². The number of nitrogens with two attached hydrogens (primary N) is 1. The minimum atomic E-state index is -3.80. The average Bonchev–Trinajstić information content (AvgIpc) is 3.81. The van der Waals surface area contributed by atoms with Crippen molar-refractivity contribution in [2.45, 2.75) is 77.0 Å². The number of halogens is 3. The van der Waals surface area contributed by atoms with Crippen molar-refractivity contribution in [3.63, 3.8) is 0 Å². The number of hydrogen-bond donors (Lipinski definition) is 1. The van der Waals surface area contributed by atoms with Crippen molar-refractivity contribution in [2.24, 2.45) is 5.73 Å². The molecule has 0 aliphatic carbocycles. The van der Waals surface area contributed by atoms with Gasteiger partial charge in [-0.05, 0) is 112 Å². The van der Waals surface area contributed by atoms with Crippen LogP contribution in [-0.4, -0.2) is 86.3 Å². The van der Waals surface area contributed by atoms with E-state index in [1.54, 1.807) is 95.2 Å². The smallest absolute Gasteiger partial charge is 0.435 e. The zero-order chi connectivity index (χ0) is 42.8. The molecule has 1 aliphatic rings. The highest BCUT2D eigenvalue weighted by Gasteiger charge is 2.38. The maximum Gasteiger partial charge on any atom is 0.435 e. The first-order valence-corrected chi connectivity index (χ1v) is 20.7. The number of carbonyl (C=O) groups excluding carboxylic acids is 2. The van der Waals surface area contributed by atoms with Crippen molar-refractivity contribution >= 4 is 44.0 Å². The molecule has 0 saturated carbocycles. The van der Waals surface area contributed by atoms with E-state index in [0.717, 1.165) is 17.0 Å². The number of ether oxygens (including phenoxy) is 2. The number of sulfone groups is 1. The van der Waals surface area contributed by atoms with Gasteiger partial charge in [0, 0.05) is 49.1 Å². The lowest BCUT2D eigenvalue weighted by Crippen LogP contribution is -2.28. The Morgan fingerprint density at radius 1 is 0.915 bits per heavy atom. The number of benzene rings is 2. The Labute approximate surface area is 338 Å². The Hall–Kier alpha value is -5.65. The van der Waals surface area contributed by atoms with Gasteiger partial charge in [-0.25, -0.2) is 40.7 Å². The molecule has 0 spiro atoms. The molecule has 13 nitrogen and oxygen atoms in total. The molecular weight excluding hydrogens is 788 g/mol. The van der Waals surface area contributed by atoms with Gasteiger partial charge in [0.1, 0.15) is 39.1 Å². The fourth-order valence-electron chi connectivity index (χ4n) is 7.03. The third-order valence-corrected chi connectivity index (χ3v) is 10.7. The summed E-state index contributed by atoms with van der Waals surface area (Å²) < 4.78 is 81.8. The van der Waals surface area contributed by atoms with Crippen LogP contribution in [0.1, 0.15) is 64.5 Å². The van der Waals surface area contributed by atoms with E-state index in [-0.39, 0.29) is 59.6 Å². The van der Waals surface area contributed by atoms with Crippen molar-refractivity contribution in [1.29, 1.82) is 0 Å². The molecule has 310 valence electrons. The quantitative estimate of drug-likeness (QED) is 0.164. The van der Waals surface area contributed by atoms with Gasteiger partial charge in [-0.3, -0.25) is 9.88 Å². The molecule has 59 heavy (non-hydrogen) atoms. The average molecular weight is 832 g/mol. The third-order valence-electron chi connectivity index (χ3n) is 9.52. The molecule has 17 heteroatoms. The summed E-state index contributed by atoms with van der Waals surface area (Å²) in [5, 5.41) is 3.64. The first-order valence-electron chi connectivity index (χ1n) is 18.8. The van der Waals surface area contributed by atoms with E-state index in [9.17, 15) is 26.8 Å². The highest BCUT2D eigenvalue weighted by molar-refractivity contribution is 7.90. The second kappa shape index (κ2) is 14.9. The number of nitrogens with zero attached hydrogens (tertiary/aromatic N) is 6. The molecule has 0 bridgehead atoms. The molecule has 0 radical (unpaired) electrons. The Morgan fingerprint density at radius 3 is 2.29 bits per heavy atom. The Morgan fingerprint density at radius 2 is 1.63 bits per heavy atom. The SMILES string of the molecule is CC(C)(C)OC(=O)n1nc(-c2cc3c(-c4cc(F)cc(C(N)S(C)(=O)=O)c4)cccc3n2C(=O)OC(C)(C)C)c2nc(-c3cncc(CN4CCC(F)(F)C4)c3)ccc21. The van der Waals surface area contributed by atoms with Crippen LogP contribution in [0.2, 0.25) is 0 Å². The lowest BCUT2D eigenvalue weighted by molar-refractivity contribution is 0.0114. The highest BCUT2D eigenvalue weighted by atomic mass is 32.2. The molecule has 1 aliphatic heterocycles. The molecule has 1 atom stereocenters. The minimum Gasteiger partial charge on any atom is -0.443 e. The van der Waals surface area contributed by atoms with Crippen LogP contribution in [0.4, 0.5) is 22.8 Å². The molecular formula is C42H44F3N7O6S. The molecule has 2 N–H and O–H groups in total. The Bertz CT molecular complexity index is 2750. The van der Waals surface area contributed by atoms with Crippen LogP contribution in [0.15, 0.2) is 73.1 Å². The van der Waals surface area contributed by atoms with Gasteiger partial charge in [-0.15, -0.1) is 0 Å². The topological polar surface area (TPSA) is 165 Å². The van der Waals surface area contributed by atoms with E-state index >= 15 is 4.39 Å². The van der Waals surface area contributed by atoms with Crippen LogP contribution in [0, 0.1) is 5.82 Å². The van der Waals surface area contributed by atoms with Gasteiger partial charge < -0.3 is 15.2 Å². The summed E-state index contributed by atoms with van der Waals surface area (Å²) in [6.07, 6.45) is 2.33. The summed E-state index contributed by atoms with van der Waals surface area (Å²) >= 11 is 0. The first-order chi connectivity index (χ1) is 27.5. The number of likely N-dealkylation sites (tertiary alicyclic amines) is 1. The number of pyridine rings is 2. The summed E-state index contributed by atoms with van der Waals surface area (Å²) in [4.78, 5) is 39.0. The van der Waals surface area contributed by atoms with Crippen LogP contribution < -0.4 is 5.73 Å². The fraction of sp³-hybridized carbons (Fsp3) is 0.357. The molecule has 1 saturated heterocycles. The Kier molecular flexibility index (Phi) is 10.5. The number of fused-ring (bicyclic) bond motifs is 2. The van der Waals surface area contributed by atoms with Gasteiger partial charge >= 0.3 is 12.2 Å². The number of carbonyl (C=O) groups is 2. The lowest BCUT2D eigenvalue weighted by Gasteiger charge is -2.21. The van der Waals surface area contributed by atoms with Crippen LogP contribution in [0.3, 0.4) is 0 Å². The molecule has 0 amide bonds. The normalized spacial score (nSPS) is 15.5. The van der Waals surface area contributed by atoms with Gasteiger partial charge in [0.25, 0.3) is 5.92 Å². The van der Waals surface area contributed by atoms with Crippen molar-refractivity contribution in [1.82, 2.24) is 29.2 Å². The third kappa shape index (κ3) is 8.87. The van der Waals surface area contributed by atoms with E-state index in [2.05, 4.69) is 4.98 Å². The number of alkyl halides is 2. The van der Waals surface area contributed by atoms with Gasteiger partial charge in [-0.2, -0.15) is 9.78 Å². The minimum absolute atomic E-state index is 0.0297. The van der Waals surface area contributed by atoms with Gasteiger partial charge in [0.05, 0.1) is 23.4 Å². The van der Waals surface area contributed by atoms with Crippen molar-refractivity contribution in [3.8, 4) is 33.8 Å². The van der Waals surface area contributed by atoms with E-state index < -0.39 is 50.3 Å². The van der Waals surface area contributed by atoms with Crippen molar-refractivity contribution in [2.75, 3.05) is 19.3 Å². The summed E-state index contributed by atoms with van der Waals surface area (Å²) in [6, 6.07) is 15.5. The van der Waals surface area contributed by atoms with Gasteiger partial charge in [0.2, 0.25) is 0 Å². The molecule has 5 heterocycles. The number of aromatic nitrogens is 5. The summed E-state index contributed by atoms with van der Waals surface area (Å²) in [5.74, 6) is -3.48. The largest absolute Gasteiger partial charge is 0.443 e. The second-order valence-electron chi connectivity index (χ2n) is 16.8. The monoisotopic (exact) mass is 831 g/mol. The van der Waals surface area contributed by atoms with Gasteiger partial charge in [0.15, 0.2) is 9.84 Å². The van der Waals surface area contributed by atoms with E-state index in [1.807, 2.05) is 6.07 Å². The Balaban J connectivity index is 1.45. The zero-order valence-corrected chi connectivity index (χ0v) is 34.4. The molecule has 7 rings (SSSR count). The zero-order valence-electron chi connectivity index (χ0n) is 33.6. The summed E-state index contributed by atoms with van der Waals surface area (Å²) in [5.41, 5.74) is 7.59. The summed E-state index contributed by atoms with van der Waals surface area (Å²) in [6.45, 7) is 10.4. The predicted molar refractivity (Wildman–Crippen MR) is 217 cm³/mol. The number of hydrogen-bond acceptors (Lipinski definition) is 11.